The summed E-state index contributed by atoms with van der Waals surface area (Å²) in [4.78, 5) is 7.02. The first-order valence-corrected chi connectivity index (χ1v) is 9.98. The van der Waals surface area contributed by atoms with Gasteiger partial charge < -0.3 is 9.97 Å². The molecule has 0 spiro atoms. The number of para-hydroxylation sites is 2. The summed E-state index contributed by atoms with van der Waals surface area (Å²) in [5.41, 5.74) is 9.12. The Kier molecular flexibility index (Phi) is 4.95. The summed E-state index contributed by atoms with van der Waals surface area (Å²) in [7, 11) is 0. The highest BCUT2D eigenvalue weighted by Gasteiger charge is 2.20. The van der Waals surface area contributed by atoms with E-state index in [2.05, 4.69) is 105 Å². The van der Waals surface area contributed by atoms with Crippen molar-refractivity contribution in [3.63, 3.8) is 0 Å². The van der Waals surface area contributed by atoms with Crippen molar-refractivity contribution in [2.24, 2.45) is 0 Å². The lowest BCUT2D eigenvalue weighted by Crippen LogP contribution is -1.97. The number of rotatable bonds is 5. The Balaban J connectivity index is 1.88. The first kappa shape index (κ1) is 18.4. The van der Waals surface area contributed by atoms with E-state index in [1.54, 1.807) is 0 Å². The predicted molar refractivity (Wildman–Crippen MR) is 121 cm³/mol. The third kappa shape index (κ3) is 3.43. The maximum absolute atomic E-state index is 3.58. The fourth-order valence-corrected chi connectivity index (χ4v) is 4.01. The molecule has 28 heavy (non-hydrogen) atoms. The largest absolute Gasteiger partial charge is 0.361 e. The molecule has 2 heteroatoms. The standard InChI is InChI=1S/C26H28N2/c1-17(2)12-13-19-8-7-10-21-24(16-28-26(19)21)22(14-18(3)4)23-15-27-25-11-6-5-9-20(23)25/h5-12,14-16,22,27-28H,13H2,1-4H3. The average Bonchev–Trinajstić information content (AvgIpc) is 3.29. The van der Waals surface area contributed by atoms with Crippen molar-refractivity contribution in [3.05, 3.63) is 94.8 Å². The molecule has 0 amide bonds. The van der Waals surface area contributed by atoms with Crippen LogP contribution in [0, 0.1) is 0 Å². The molecular weight excluding hydrogens is 340 g/mol. The quantitative estimate of drug-likeness (QED) is 0.348. The van der Waals surface area contributed by atoms with E-state index >= 15 is 0 Å². The molecule has 0 fully saturated rings. The van der Waals surface area contributed by atoms with Crippen molar-refractivity contribution in [1.82, 2.24) is 9.97 Å². The molecule has 0 aliphatic rings. The Hall–Kier alpha value is -3.00. The number of benzene rings is 2. The molecule has 2 heterocycles. The van der Waals surface area contributed by atoms with E-state index in [4.69, 9.17) is 0 Å². The van der Waals surface area contributed by atoms with Gasteiger partial charge in [-0.3, -0.25) is 0 Å². The average molecular weight is 369 g/mol. The highest BCUT2D eigenvalue weighted by Crippen LogP contribution is 2.37. The fraction of sp³-hybridized carbons (Fsp3) is 0.231. The first-order chi connectivity index (χ1) is 13.5. The van der Waals surface area contributed by atoms with Crippen LogP contribution in [0.3, 0.4) is 0 Å². The van der Waals surface area contributed by atoms with Crippen LogP contribution >= 0.6 is 0 Å². The Bertz CT molecular complexity index is 1180. The summed E-state index contributed by atoms with van der Waals surface area (Å²) < 4.78 is 0. The monoisotopic (exact) mass is 368 g/mol. The van der Waals surface area contributed by atoms with Gasteiger partial charge in [-0.05, 0) is 56.9 Å². The van der Waals surface area contributed by atoms with Crippen molar-refractivity contribution in [2.45, 2.75) is 40.0 Å². The number of allylic oxidation sites excluding steroid dienone is 4. The zero-order valence-electron chi connectivity index (χ0n) is 17.1. The van der Waals surface area contributed by atoms with E-state index < -0.39 is 0 Å². The van der Waals surface area contributed by atoms with Gasteiger partial charge in [-0.1, -0.05) is 59.7 Å². The number of H-pyrrole nitrogens is 2. The fourth-order valence-electron chi connectivity index (χ4n) is 4.01. The van der Waals surface area contributed by atoms with Crippen molar-refractivity contribution >= 4 is 21.8 Å². The minimum Gasteiger partial charge on any atom is -0.361 e. The zero-order valence-corrected chi connectivity index (χ0v) is 17.1. The van der Waals surface area contributed by atoms with E-state index in [0.29, 0.717) is 0 Å². The minimum absolute atomic E-state index is 0.216. The molecule has 0 bridgehead atoms. The van der Waals surface area contributed by atoms with Crippen molar-refractivity contribution in [2.75, 3.05) is 0 Å². The van der Waals surface area contributed by atoms with Crippen LogP contribution in [0.2, 0.25) is 0 Å². The lowest BCUT2D eigenvalue weighted by Gasteiger charge is -2.13. The molecule has 2 aromatic heterocycles. The van der Waals surface area contributed by atoms with E-state index in [1.807, 2.05) is 0 Å². The second kappa shape index (κ2) is 7.55. The third-order valence-corrected chi connectivity index (χ3v) is 5.36. The Labute approximate surface area is 167 Å². The molecule has 2 nitrogen and oxygen atoms in total. The van der Waals surface area contributed by atoms with Gasteiger partial charge in [0.05, 0.1) is 0 Å². The van der Waals surface area contributed by atoms with E-state index in [1.165, 1.54) is 49.6 Å². The van der Waals surface area contributed by atoms with Gasteiger partial charge in [-0.25, -0.2) is 0 Å². The van der Waals surface area contributed by atoms with Gasteiger partial charge in [-0.15, -0.1) is 0 Å². The highest BCUT2D eigenvalue weighted by atomic mass is 14.7. The number of nitrogens with one attached hydrogen (secondary N) is 2. The topological polar surface area (TPSA) is 31.6 Å². The lowest BCUT2D eigenvalue weighted by molar-refractivity contribution is 1.03. The third-order valence-electron chi connectivity index (χ3n) is 5.36. The van der Waals surface area contributed by atoms with Crippen LogP contribution in [0.25, 0.3) is 21.8 Å². The maximum atomic E-state index is 3.58. The molecule has 2 aromatic carbocycles. The molecule has 0 saturated carbocycles. The molecular formula is C26H28N2. The number of aromatic nitrogens is 2. The molecule has 0 radical (unpaired) electrons. The molecule has 2 N–H and O–H groups in total. The number of aromatic amines is 2. The lowest BCUT2D eigenvalue weighted by atomic mass is 9.88. The maximum Gasteiger partial charge on any atom is 0.0492 e. The van der Waals surface area contributed by atoms with Crippen molar-refractivity contribution in [1.29, 1.82) is 0 Å². The summed E-state index contributed by atoms with van der Waals surface area (Å²) >= 11 is 0. The molecule has 1 atom stereocenters. The van der Waals surface area contributed by atoms with Gasteiger partial charge in [0.2, 0.25) is 0 Å². The van der Waals surface area contributed by atoms with Crippen molar-refractivity contribution < 1.29 is 0 Å². The second-order valence-corrected chi connectivity index (χ2v) is 8.08. The summed E-state index contributed by atoms with van der Waals surface area (Å²) in [6.45, 7) is 8.66. The summed E-state index contributed by atoms with van der Waals surface area (Å²) in [6, 6.07) is 15.2. The normalized spacial score (nSPS) is 12.3. The molecule has 0 aliphatic carbocycles. The van der Waals surface area contributed by atoms with Crippen LogP contribution in [-0.2, 0) is 6.42 Å². The summed E-state index contributed by atoms with van der Waals surface area (Å²) in [5, 5.41) is 2.60. The Morgan fingerprint density at radius 3 is 2.32 bits per heavy atom. The second-order valence-electron chi connectivity index (χ2n) is 8.08. The van der Waals surface area contributed by atoms with Crippen LogP contribution in [0.1, 0.15) is 50.3 Å². The summed E-state index contributed by atoms with van der Waals surface area (Å²) in [5.74, 6) is 0.216. The van der Waals surface area contributed by atoms with Gasteiger partial charge in [0.15, 0.2) is 0 Å². The van der Waals surface area contributed by atoms with Crippen LogP contribution in [0.15, 0.2) is 78.2 Å². The zero-order chi connectivity index (χ0) is 19.7. The number of hydrogen-bond donors (Lipinski definition) is 2. The van der Waals surface area contributed by atoms with E-state index in [9.17, 15) is 0 Å². The number of fused-ring (bicyclic) bond motifs is 2. The Morgan fingerprint density at radius 1 is 0.821 bits per heavy atom. The van der Waals surface area contributed by atoms with Gasteiger partial charge in [0, 0.05) is 40.1 Å². The van der Waals surface area contributed by atoms with E-state index in [0.717, 1.165) is 6.42 Å². The van der Waals surface area contributed by atoms with Gasteiger partial charge in [-0.2, -0.15) is 0 Å². The SMILES string of the molecule is CC(C)=CCc1cccc2c(C(C=C(C)C)c3c[nH]c4ccccc34)c[nH]c12. The van der Waals surface area contributed by atoms with Crippen LogP contribution in [0.5, 0.6) is 0 Å². The van der Waals surface area contributed by atoms with Gasteiger partial charge >= 0.3 is 0 Å². The molecule has 1 unspecified atom stereocenters. The smallest absolute Gasteiger partial charge is 0.0492 e. The van der Waals surface area contributed by atoms with Crippen molar-refractivity contribution in [3.8, 4) is 0 Å². The van der Waals surface area contributed by atoms with E-state index in [-0.39, 0.29) is 5.92 Å². The van der Waals surface area contributed by atoms with Crippen LogP contribution in [-0.4, -0.2) is 9.97 Å². The van der Waals surface area contributed by atoms with Gasteiger partial charge in [0.25, 0.3) is 0 Å². The van der Waals surface area contributed by atoms with Crippen LogP contribution in [0.4, 0.5) is 0 Å². The number of hydrogen-bond acceptors (Lipinski definition) is 0. The Morgan fingerprint density at radius 2 is 1.54 bits per heavy atom. The molecule has 4 aromatic rings. The predicted octanol–water partition coefficient (Wildman–Crippen LogP) is 7.26. The van der Waals surface area contributed by atoms with Crippen LogP contribution < -0.4 is 0 Å². The molecule has 142 valence electrons. The first-order valence-electron chi connectivity index (χ1n) is 9.98. The van der Waals surface area contributed by atoms with Gasteiger partial charge in [0.1, 0.15) is 0 Å². The highest BCUT2D eigenvalue weighted by molar-refractivity contribution is 5.90. The molecule has 4 rings (SSSR count). The molecule has 0 saturated heterocycles. The molecule has 0 aliphatic heterocycles. The summed E-state index contributed by atoms with van der Waals surface area (Å²) in [6.07, 6.45) is 9.99. The minimum atomic E-state index is 0.216.